The van der Waals surface area contributed by atoms with E-state index in [0.717, 1.165) is 0 Å². The van der Waals surface area contributed by atoms with E-state index in [9.17, 15) is 4.79 Å². The van der Waals surface area contributed by atoms with Gasteiger partial charge in [0.15, 0.2) is 0 Å². The molecule has 1 aliphatic carbocycles. The first-order valence-corrected chi connectivity index (χ1v) is 4.72. The summed E-state index contributed by atoms with van der Waals surface area (Å²) in [7, 11) is 1.53. The van der Waals surface area contributed by atoms with Gasteiger partial charge in [-0.15, -0.1) is 0 Å². The highest BCUT2D eigenvalue weighted by Gasteiger charge is 2.31. The average Bonchev–Trinajstić information content (AvgIpc) is 2.95. The van der Waals surface area contributed by atoms with Gasteiger partial charge < -0.3 is 15.8 Å². The van der Waals surface area contributed by atoms with Crippen LogP contribution in [0.5, 0.6) is 0 Å². The Morgan fingerprint density at radius 3 is 2.69 bits per heavy atom. The Morgan fingerprint density at radius 2 is 2.31 bits per heavy atom. The standard InChI is InChI=1S/C9H18N2O2/c1-6(13-2)9(12)11-8(5-10)7-3-4-7/h6-8H,3-5,10H2,1-2H3,(H,11,12). The third-order valence-electron chi connectivity index (χ3n) is 2.50. The Hall–Kier alpha value is -0.610. The van der Waals surface area contributed by atoms with Crippen LogP contribution >= 0.6 is 0 Å². The second-order valence-corrected chi connectivity index (χ2v) is 3.57. The van der Waals surface area contributed by atoms with Gasteiger partial charge in [-0.3, -0.25) is 4.79 Å². The van der Waals surface area contributed by atoms with E-state index in [1.807, 2.05) is 0 Å². The van der Waals surface area contributed by atoms with E-state index in [0.29, 0.717) is 12.5 Å². The molecule has 0 aromatic rings. The highest BCUT2D eigenvalue weighted by Crippen LogP contribution is 2.32. The van der Waals surface area contributed by atoms with Crippen molar-refractivity contribution in [3.05, 3.63) is 0 Å². The van der Waals surface area contributed by atoms with Gasteiger partial charge in [0.05, 0.1) is 0 Å². The van der Waals surface area contributed by atoms with Crippen LogP contribution in [-0.2, 0) is 9.53 Å². The molecule has 0 bridgehead atoms. The maximum absolute atomic E-state index is 11.4. The first kappa shape index (κ1) is 10.5. The molecule has 1 rings (SSSR count). The molecule has 0 heterocycles. The van der Waals surface area contributed by atoms with E-state index >= 15 is 0 Å². The fraction of sp³-hybridized carbons (Fsp3) is 0.889. The second kappa shape index (κ2) is 4.58. The summed E-state index contributed by atoms with van der Waals surface area (Å²) in [5, 5.41) is 2.89. The summed E-state index contributed by atoms with van der Waals surface area (Å²) in [4.78, 5) is 11.4. The molecular weight excluding hydrogens is 168 g/mol. The van der Waals surface area contributed by atoms with Crippen LogP contribution in [-0.4, -0.2) is 31.7 Å². The van der Waals surface area contributed by atoms with Crippen molar-refractivity contribution in [2.45, 2.75) is 31.9 Å². The first-order valence-electron chi connectivity index (χ1n) is 4.72. The van der Waals surface area contributed by atoms with Crippen LogP contribution in [0.3, 0.4) is 0 Å². The number of nitrogens with one attached hydrogen (secondary N) is 1. The van der Waals surface area contributed by atoms with E-state index in [2.05, 4.69) is 5.32 Å². The normalized spacial score (nSPS) is 20.8. The Balaban J connectivity index is 2.31. The number of hydrogen-bond acceptors (Lipinski definition) is 3. The third-order valence-corrected chi connectivity index (χ3v) is 2.50. The van der Waals surface area contributed by atoms with Crippen molar-refractivity contribution < 1.29 is 9.53 Å². The minimum absolute atomic E-state index is 0.0650. The van der Waals surface area contributed by atoms with Crippen molar-refractivity contribution in [2.75, 3.05) is 13.7 Å². The quantitative estimate of drug-likeness (QED) is 0.629. The monoisotopic (exact) mass is 186 g/mol. The van der Waals surface area contributed by atoms with Gasteiger partial charge in [-0.2, -0.15) is 0 Å². The molecule has 1 fully saturated rings. The van der Waals surface area contributed by atoms with E-state index in [1.54, 1.807) is 6.92 Å². The van der Waals surface area contributed by atoms with Gasteiger partial charge in [0, 0.05) is 19.7 Å². The lowest BCUT2D eigenvalue weighted by Crippen LogP contribution is -2.45. The topological polar surface area (TPSA) is 64.3 Å². The van der Waals surface area contributed by atoms with Crippen LogP contribution in [0.25, 0.3) is 0 Å². The van der Waals surface area contributed by atoms with Crippen LogP contribution in [0.15, 0.2) is 0 Å². The molecule has 0 saturated heterocycles. The van der Waals surface area contributed by atoms with Gasteiger partial charge in [0.2, 0.25) is 5.91 Å². The SMILES string of the molecule is COC(C)C(=O)NC(CN)C1CC1. The largest absolute Gasteiger partial charge is 0.372 e. The predicted molar refractivity (Wildman–Crippen MR) is 50.2 cm³/mol. The van der Waals surface area contributed by atoms with Crippen LogP contribution in [0.2, 0.25) is 0 Å². The minimum atomic E-state index is -0.382. The number of carbonyl (C=O) groups excluding carboxylic acids is 1. The number of rotatable bonds is 5. The summed E-state index contributed by atoms with van der Waals surface area (Å²) < 4.78 is 4.90. The van der Waals surface area contributed by atoms with Crippen molar-refractivity contribution in [3.8, 4) is 0 Å². The van der Waals surface area contributed by atoms with E-state index < -0.39 is 0 Å². The zero-order chi connectivity index (χ0) is 9.84. The van der Waals surface area contributed by atoms with Crippen molar-refractivity contribution in [2.24, 2.45) is 11.7 Å². The highest BCUT2D eigenvalue weighted by atomic mass is 16.5. The van der Waals surface area contributed by atoms with Crippen molar-refractivity contribution >= 4 is 5.91 Å². The van der Waals surface area contributed by atoms with Gasteiger partial charge >= 0.3 is 0 Å². The maximum atomic E-state index is 11.4. The Labute approximate surface area is 78.8 Å². The van der Waals surface area contributed by atoms with E-state index in [1.165, 1.54) is 20.0 Å². The summed E-state index contributed by atoms with van der Waals surface area (Å²) >= 11 is 0. The minimum Gasteiger partial charge on any atom is -0.372 e. The van der Waals surface area contributed by atoms with Gasteiger partial charge in [0.1, 0.15) is 6.10 Å². The third kappa shape index (κ3) is 2.97. The molecule has 4 nitrogen and oxygen atoms in total. The van der Waals surface area contributed by atoms with Crippen LogP contribution in [0.1, 0.15) is 19.8 Å². The number of hydrogen-bond donors (Lipinski definition) is 2. The summed E-state index contributed by atoms with van der Waals surface area (Å²) in [6.07, 6.45) is 1.99. The molecule has 76 valence electrons. The fourth-order valence-electron chi connectivity index (χ4n) is 1.27. The number of carbonyl (C=O) groups is 1. The summed E-state index contributed by atoms with van der Waals surface area (Å²) in [5.74, 6) is 0.530. The molecule has 13 heavy (non-hydrogen) atoms. The van der Waals surface area contributed by atoms with Gasteiger partial charge in [0.25, 0.3) is 0 Å². The Bertz CT molecular complexity index is 180. The van der Waals surface area contributed by atoms with Crippen LogP contribution in [0.4, 0.5) is 0 Å². The molecule has 0 aromatic heterocycles. The van der Waals surface area contributed by atoms with E-state index in [4.69, 9.17) is 10.5 Å². The molecule has 2 unspecified atom stereocenters. The molecule has 0 aliphatic heterocycles. The summed E-state index contributed by atoms with van der Waals surface area (Å²) in [6, 6.07) is 0.144. The van der Waals surface area contributed by atoms with Gasteiger partial charge in [-0.25, -0.2) is 0 Å². The molecule has 0 spiro atoms. The number of amides is 1. The zero-order valence-electron chi connectivity index (χ0n) is 8.25. The predicted octanol–water partition coefficient (Wildman–Crippen LogP) is -0.125. The van der Waals surface area contributed by atoms with E-state index in [-0.39, 0.29) is 18.1 Å². The molecule has 1 amide bonds. The fourth-order valence-corrected chi connectivity index (χ4v) is 1.27. The lowest BCUT2D eigenvalue weighted by molar-refractivity contribution is -0.130. The zero-order valence-corrected chi connectivity index (χ0v) is 8.25. The molecule has 0 aromatic carbocycles. The number of ether oxygens (including phenoxy) is 1. The summed E-state index contributed by atoms with van der Waals surface area (Å²) in [5.41, 5.74) is 5.55. The van der Waals surface area contributed by atoms with Crippen molar-refractivity contribution in [1.29, 1.82) is 0 Å². The van der Waals surface area contributed by atoms with Crippen LogP contribution < -0.4 is 11.1 Å². The average molecular weight is 186 g/mol. The van der Waals surface area contributed by atoms with Crippen molar-refractivity contribution in [3.63, 3.8) is 0 Å². The molecule has 3 N–H and O–H groups in total. The molecule has 0 radical (unpaired) electrons. The lowest BCUT2D eigenvalue weighted by Gasteiger charge is -2.18. The molecule has 1 aliphatic rings. The number of nitrogens with two attached hydrogens (primary N) is 1. The molecular formula is C9H18N2O2. The second-order valence-electron chi connectivity index (χ2n) is 3.57. The summed E-state index contributed by atoms with van der Waals surface area (Å²) in [6.45, 7) is 2.25. The maximum Gasteiger partial charge on any atom is 0.249 e. The smallest absolute Gasteiger partial charge is 0.249 e. The first-order chi connectivity index (χ1) is 6.19. The number of methoxy groups -OCH3 is 1. The lowest BCUT2D eigenvalue weighted by atomic mass is 10.2. The van der Waals surface area contributed by atoms with Gasteiger partial charge in [-0.05, 0) is 25.7 Å². The highest BCUT2D eigenvalue weighted by molar-refractivity contribution is 5.80. The van der Waals surface area contributed by atoms with Crippen LogP contribution in [0, 0.1) is 5.92 Å². The Kier molecular flexibility index (Phi) is 3.69. The molecule has 1 saturated carbocycles. The molecule has 4 heteroatoms. The van der Waals surface area contributed by atoms with Crippen molar-refractivity contribution in [1.82, 2.24) is 5.32 Å². The van der Waals surface area contributed by atoms with Gasteiger partial charge in [-0.1, -0.05) is 0 Å². The molecule has 2 atom stereocenters. The Morgan fingerprint density at radius 1 is 1.69 bits per heavy atom.